The summed E-state index contributed by atoms with van der Waals surface area (Å²) in [5.41, 5.74) is 2.41. The Hall–Kier alpha value is -2.05. The number of amides is 1. The normalized spacial score (nSPS) is 16.9. The standard InChI is InChI=1S/C19H19ClN2O3S/c20-15-5-8-17(9-6-15)26(24,25)21-16-7-10-18-14(12-16)2-1-11-22(18)19(23)13-3-4-13/h5-10,12-13,21H,1-4,11H2. The van der Waals surface area contributed by atoms with Gasteiger partial charge in [0.15, 0.2) is 0 Å². The summed E-state index contributed by atoms with van der Waals surface area (Å²) < 4.78 is 27.7. The SMILES string of the molecule is O=C(C1CC1)N1CCCc2cc(NS(=O)(=O)c3ccc(Cl)cc3)ccc21. The van der Waals surface area contributed by atoms with E-state index in [4.69, 9.17) is 11.6 Å². The van der Waals surface area contributed by atoms with Crippen molar-refractivity contribution in [1.82, 2.24) is 0 Å². The van der Waals surface area contributed by atoms with Crippen molar-refractivity contribution in [2.24, 2.45) is 5.92 Å². The minimum atomic E-state index is -3.68. The van der Waals surface area contributed by atoms with Gasteiger partial charge in [0.25, 0.3) is 10.0 Å². The van der Waals surface area contributed by atoms with Gasteiger partial charge in [-0.05, 0) is 73.7 Å². The van der Waals surface area contributed by atoms with Crippen LogP contribution in [0.15, 0.2) is 47.4 Å². The average molecular weight is 391 g/mol. The number of nitrogens with one attached hydrogen (secondary N) is 1. The molecule has 2 aromatic rings. The lowest BCUT2D eigenvalue weighted by atomic mass is 10.0. The van der Waals surface area contributed by atoms with E-state index in [1.165, 1.54) is 12.1 Å². The number of sulfonamides is 1. The second kappa shape index (κ2) is 6.59. The number of halogens is 1. The Kier molecular flexibility index (Phi) is 4.40. The highest BCUT2D eigenvalue weighted by Crippen LogP contribution is 2.36. The summed E-state index contributed by atoms with van der Waals surface area (Å²) >= 11 is 5.82. The molecule has 1 N–H and O–H groups in total. The summed E-state index contributed by atoms with van der Waals surface area (Å²) in [5, 5.41) is 0.484. The maximum absolute atomic E-state index is 12.5. The lowest BCUT2D eigenvalue weighted by Gasteiger charge is -2.30. The molecule has 2 aliphatic rings. The van der Waals surface area contributed by atoms with Crippen LogP contribution in [0, 0.1) is 5.92 Å². The van der Waals surface area contributed by atoms with Crippen LogP contribution in [-0.2, 0) is 21.2 Å². The third-order valence-corrected chi connectivity index (χ3v) is 6.42. The van der Waals surface area contributed by atoms with Crippen LogP contribution in [0.5, 0.6) is 0 Å². The van der Waals surface area contributed by atoms with Crippen LogP contribution >= 0.6 is 11.6 Å². The fourth-order valence-corrected chi connectivity index (χ4v) is 4.44. The third kappa shape index (κ3) is 3.44. The summed E-state index contributed by atoms with van der Waals surface area (Å²) in [5.74, 6) is 0.365. The van der Waals surface area contributed by atoms with Crippen LogP contribution in [0.4, 0.5) is 11.4 Å². The Morgan fingerprint density at radius 2 is 1.85 bits per heavy atom. The van der Waals surface area contributed by atoms with Gasteiger partial charge >= 0.3 is 0 Å². The Balaban J connectivity index is 1.59. The molecule has 4 rings (SSSR count). The number of rotatable bonds is 4. The fourth-order valence-electron chi connectivity index (χ4n) is 3.27. The van der Waals surface area contributed by atoms with E-state index >= 15 is 0 Å². The Morgan fingerprint density at radius 1 is 1.12 bits per heavy atom. The minimum Gasteiger partial charge on any atom is -0.312 e. The number of carbonyl (C=O) groups excluding carboxylic acids is 1. The quantitative estimate of drug-likeness (QED) is 0.862. The van der Waals surface area contributed by atoms with Crippen molar-refractivity contribution in [2.45, 2.75) is 30.6 Å². The predicted molar refractivity (Wildman–Crippen MR) is 102 cm³/mol. The molecule has 0 aromatic heterocycles. The monoisotopic (exact) mass is 390 g/mol. The summed E-state index contributed by atoms with van der Waals surface area (Å²) in [4.78, 5) is 14.5. The first-order valence-corrected chi connectivity index (χ1v) is 10.5. The van der Waals surface area contributed by atoms with Gasteiger partial charge in [-0.3, -0.25) is 9.52 Å². The number of anilines is 2. The van der Waals surface area contributed by atoms with Crippen LogP contribution in [0.2, 0.25) is 5.02 Å². The Morgan fingerprint density at radius 3 is 2.54 bits per heavy atom. The summed E-state index contributed by atoms with van der Waals surface area (Å²) in [7, 11) is -3.68. The van der Waals surface area contributed by atoms with E-state index in [1.807, 2.05) is 17.0 Å². The molecule has 1 amide bonds. The summed E-state index contributed by atoms with van der Waals surface area (Å²) in [6.07, 6.45) is 3.67. The van der Waals surface area contributed by atoms with E-state index in [1.54, 1.807) is 18.2 Å². The molecular weight excluding hydrogens is 372 g/mol. The predicted octanol–water partition coefficient (Wildman–Crippen LogP) is 3.83. The molecule has 26 heavy (non-hydrogen) atoms. The second-order valence-corrected chi connectivity index (χ2v) is 8.89. The smallest absolute Gasteiger partial charge is 0.261 e. The fraction of sp³-hybridized carbons (Fsp3) is 0.316. The first kappa shape index (κ1) is 17.4. The van der Waals surface area contributed by atoms with Gasteiger partial charge in [0.2, 0.25) is 5.91 Å². The van der Waals surface area contributed by atoms with E-state index in [2.05, 4.69) is 4.72 Å². The molecule has 1 aliphatic heterocycles. The van der Waals surface area contributed by atoms with E-state index in [9.17, 15) is 13.2 Å². The van der Waals surface area contributed by atoms with E-state index in [0.717, 1.165) is 43.5 Å². The number of fused-ring (bicyclic) bond motifs is 1. The van der Waals surface area contributed by atoms with Crippen LogP contribution in [0.1, 0.15) is 24.8 Å². The number of nitrogens with zero attached hydrogens (tertiary/aromatic N) is 1. The highest BCUT2D eigenvalue weighted by molar-refractivity contribution is 7.92. The molecule has 0 unspecified atom stereocenters. The number of aryl methyl sites for hydroxylation is 1. The summed E-state index contributed by atoms with van der Waals surface area (Å²) in [6, 6.07) is 11.4. The van der Waals surface area contributed by atoms with Gasteiger partial charge in [-0.25, -0.2) is 8.42 Å². The molecule has 0 bridgehead atoms. The molecule has 0 saturated heterocycles. The highest BCUT2D eigenvalue weighted by Gasteiger charge is 2.35. The van der Waals surface area contributed by atoms with Crippen LogP contribution in [0.25, 0.3) is 0 Å². The molecule has 0 radical (unpaired) electrons. The average Bonchev–Trinajstić information content (AvgIpc) is 3.45. The van der Waals surface area contributed by atoms with Gasteiger partial charge in [-0.2, -0.15) is 0 Å². The molecule has 2 aromatic carbocycles. The van der Waals surface area contributed by atoms with E-state index in [-0.39, 0.29) is 16.7 Å². The van der Waals surface area contributed by atoms with Crippen molar-refractivity contribution in [3.8, 4) is 0 Å². The van der Waals surface area contributed by atoms with Gasteiger partial charge < -0.3 is 4.90 Å². The minimum absolute atomic E-state index is 0.158. The lowest BCUT2D eigenvalue weighted by Crippen LogP contribution is -2.36. The zero-order valence-corrected chi connectivity index (χ0v) is 15.7. The van der Waals surface area contributed by atoms with Gasteiger partial charge in [0, 0.05) is 28.9 Å². The summed E-state index contributed by atoms with van der Waals surface area (Å²) in [6.45, 7) is 0.734. The molecule has 136 valence electrons. The second-order valence-electron chi connectivity index (χ2n) is 6.77. The molecule has 1 saturated carbocycles. The zero-order chi connectivity index (χ0) is 18.3. The van der Waals surface area contributed by atoms with Crippen LogP contribution in [0.3, 0.4) is 0 Å². The third-order valence-electron chi connectivity index (χ3n) is 4.77. The molecule has 1 heterocycles. The first-order valence-electron chi connectivity index (χ1n) is 8.67. The van der Waals surface area contributed by atoms with Crippen molar-refractivity contribution in [3.05, 3.63) is 53.1 Å². The maximum Gasteiger partial charge on any atom is 0.261 e. The van der Waals surface area contributed by atoms with Gasteiger partial charge in [-0.15, -0.1) is 0 Å². The number of hydrogen-bond acceptors (Lipinski definition) is 3. The molecule has 0 atom stereocenters. The van der Waals surface area contributed by atoms with Crippen molar-refractivity contribution in [3.63, 3.8) is 0 Å². The Bertz CT molecular complexity index is 953. The highest BCUT2D eigenvalue weighted by atomic mass is 35.5. The molecule has 1 fully saturated rings. The van der Waals surface area contributed by atoms with E-state index in [0.29, 0.717) is 10.7 Å². The number of benzene rings is 2. The molecule has 5 nitrogen and oxygen atoms in total. The van der Waals surface area contributed by atoms with Crippen LogP contribution < -0.4 is 9.62 Å². The number of hydrogen-bond donors (Lipinski definition) is 1. The van der Waals surface area contributed by atoms with Gasteiger partial charge in [0.05, 0.1) is 4.90 Å². The van der Waals surface area contributed by atoms with Crippen molar-refractivity contribution in [1.29, 1.82) is 0 Å². The molecule has 7 heteroatoms. The number of carbonyl (C=O) groups is 1. The topological polar surface area (TPSA) is 66.5 Å². The van der Waals surface area contributed by atoms with Gasteiger partial charge in [0.1, 0.15) is 0 Å². The zero-order valence-electron chi connectivity index (χ0n) is 14.1. The van der Waals surface area contributed by atoms with Crippen molar-refractivity contribution in [2.75, 3.05) is 16.2 Å². The Labute approximate surface area is 158 Å². The van der Waals surface area contributed by atoms with Crippen molar-refractivity contribution >= 4 is 38.9 Å². The molecular formula is C19H19ClN2O3S. The van der Waals surface area contributed by atoms with Crippen LogP contribution in [-0.4, -0.2) is 20.9 Å². The first-order chi connectivity index (χ1) is 12.4. The van der Waals surface area contributed by atoms with E-state index < -0.39 is 10.0 Å². The molecule has 0 spiro atoms. The van der Waals surface area contributed by atoms with Gasteiger partial charge in [-0.1, -0.05) is 11.6 Å². The largest absolute Gasteiger partial charge is 0.312 e. The molecule has 1 aliphatic carbocycles. The van der Waals surface area contributed by atoms with Crippen molar-refractivity contribution < 1.29 is 13.2 Å². The lowest BCUT2D eigenvalue weighted by molar-refractivity contribution is -0.119. The maximum atomic E-state index is 12.5.